The Morgan fingerprint density at radius 2 is 2.56 bits per heavy atom. The summed E-state index contributed by atoms with van der Waals surface area (Å²) in [4.78, 5) is 17.6. The van der Waals surface area contributed by atoms with Gasteiger partial charge in [0.25, 0.3) is 5.91 Å². The Morgan fingerprint density at radius 1 is 1.75 bits per heavy atom. The maximum atomic E-state index is 11.9. The number of aliphatic hydroxyl groups is 1. The van der Waals surface area contributed by atoms with Crippen LogP contribution in [0.2, 0.25) is 0 Å². The van der Waals surface area contributed by atoms with Crippen molar-refractivity contribution in [2.24, 2.45) is 0 Å². The fourth-order valence-corrected chi connectivity index (χ4v) is 1.73. The van der Waals surface area contributed by atoms with Crippen LogP contribution in [-0.4, -0.2) is 52.2 Å². The maximum Gasteiger partial charge on any atom is 0.273 e. The number of carbonyl (C=O) groups is 1. The lowest BCUT2D eigenvalue weighted by Crippen LogP contribution is -2.29. The minimum Gasteiger partial charge on any atom is -0.395 e. The van der Waals surface area contributed by atoms with Crippen molar-refractivity contribution < 1.29 is 9.90 Å². The fourth-order valence-electron chi connectivity index (χ4n) is 1.73. The summed E-state index contributed by atoms with van der Waals surface area (Å²) < 4.78 is 1.95. The van der Waals surface area contributed by atoms with Gasteiger partial charge in [0.1, 0.15) is 5.69 Å². The van der Waals surface area contributed by atoms with Crippen molar-refractivity contribution in [1.29, 1.82) is 0 Å². The van der Waals surface area contributed by atoms with Crippen LogP contribution in [0, 0.1) is 0 Å². The van der Waals surface area contributed by atoms with E-state index in [0.29, 0.717) is 12.2 Å². The van der Waals surface area contributed by atoms with Crippen molar-refractivity contribution in [3.8, 4) is 0 Å². The quantitative estimate of drug-likeness (QED) is 0.743. The van der Waals surface area contributed by atoms with E-state index in [9.17, 15) is 4.79 Å². The Bertz CT molecular complexity index is 365. The van der Waals surface area contributed by atoms with Gasteiger partial charge < -0.3 is 19.9 Å². The highest BCUT2D eigenvalue weighted by molar-refractivity contribution is 5.92. The smallest absolute Gasteiger partial charge is 0.273 e. The van der Waals surface area contributed by atoms with Gasteiger partial charge in [0.05, 0.1) is 6.61 Å². The largest absolute Gasteiger partial charge is 0.395 e. The minimum absolute atomic E-state index is 0.0337. The van der Waals surface area contributed by atoms with Gasteiger partial charge in [0.2, 0.25) is 5.95 Å². The number of fused-ring (bicyclic) bond motifs is 1. The molecule has 0 atom stereocenters. The summed E-state index contributed by atoms with van der Waals surface area (Å²) >= 11 is 0. The lowest BCUT2D eigenvalue weighted by atomic mass is 10.3. The van der Waals surface area contributed by atoms with Crippen molar-refractivity contribution in [3.05, 3.63) is 11.9 Å². The fraction of sp³-hybridized carbons (Fsp3) is 0.600. The molecule has 2 N–H and O–H groups in total. The number of aryl methyl sites for hydroxylation is 1. The van der Waals surface area contributed by atoms with Gasteiger partial charge in [-0.2, -0.15) is 0 Å². The second-order valence-electron chi connectivity index (χ2n) is 3.87. The topological polar surface area (TPSA) is 70.4 Å². The predicted molar refractivity (Wildman–Crippen MR) is 59.4 cm³/mol. The minimum atomic E-state index is -0.155. The van der Waals surface area contributed by atoms with Crippen LogP contribution in [0.3, 0.4) is 0 Å². The van der Waals surface area contributed by atoms with E-state index in [2.05, 4.69) is 10.3 Å². The van der Waals surface area contributed by atoms with Crippen molar-refractivity contribution in [3.63, 3.8) is 0 Å². The van der Waals surface area contributed by atoms with Gasteiger partial charge in [-0.15, -0.1) is 0 Å². The normalized spacial score (nSPS) is 14.1. The first kappa shape index (κ1) is 10.9. The molecular weight excluding hydrogens is 208 g/mol. The number of nitrogens with zero attached hydrogens (tertiary/aromatic N) is 3. The first-order valence-electron chi connectivity index (χ1n) is 5.39. The summed E-state index contributed by atoms with van der Waals surface area (Å²) in [5.74, 6) is 0.602. The Kier molecular flexibility index (Phi) is 3.09. The maximum absolute atomic E-state index is 11.9. The molecule has 1 aromatic rings. The predicted octanol–water partition coefficient (Wildman–Crippen LogP) is -0.237. The highest BCUT2D eigenvalue weighted by Gasteiger charge is 2.18. The number of amides is 1. The van der Waals surface area contributed by atoms with E-state index >= 15 is 0 Å². The number of imidazole rings is 1. The third kappa shape index (κ3) is 2.01. The molecule has 88 valence electrons. The molecule has 0 saturated heterocycles. The molecule has 0 saturated carbocycles. The Labute approximate surface area is 93.9 Å². The molecule has 0 fully saturated rings. The standard InChI is InChI=1S/C10H16N4O2/c1-13(5-6-15)9(16)8-7-14-4-2-3-11-10(14)12-8/h7,15H,2-6H2,1H3,(H,11,12). The van der Waals surface area contributed by atoms with Gasteiger partial charge in [-0.3, -0.25) is 4.79 Å². The summed E-state index contributed by atoms with van der Waals surface area (Å²) in [6.07, 6.45) is 2.81. The molecule has 0 bridgehead atoms. The lowest BCUT2D eigenvalue weighted by Gasteiger charge is -2.14. The van der Waals surface area contributed by atoms with E-state index < -0.39 is 0 Å². The second kappa shape index (κ2) is 4.52. The van der Waals surface area contributed by atoms with Crippen LogP contribution in [0.25, 0.3) is 0 Å². The SMILES string of the molecule is CN(CCO)C(=O)c1cn2c(n1)NCCC2. The van der Waals surface area contributed by atoms with Crippen LogP contribution >= 0.6 is 0 Å². The van der Waals surface area contributed by atoms with Crippen LogP contribution in [0.5, 0.6) is 0 Å². The highest BCUT2D eigenvalue weighted by atomic mass is 16.3. The third-order valence-electron chi connectivity index (χ3n) is 2.64. The zero-order chi connectivity index (χ0) is 11.5. The van der Waals surface area contributed by atoms with Crippen molar-refractivity contribution in [2.45, 2.75) is 13.0 Å². The number of carbonyl (C=O) groups excluding carboxylic acids is 1. The zero-order valence-electron chi connectivity index (χ0n) is 9.31. The molecule has 0 radical (unpaired) electrons. The van der Waals surface area contributed by atoms with Crippen LogP contribution < -0.4 is 5.32 Å². The second-order valence-corrected chi connectivity index (χ2v) is 3.87. The van der Waals surface area contributed by atoms with Gasteiger partial charge in [0, 0.05) is 32.9 Å². The van der Waals surface area contributed by atoms with Crippen molar-refractivity contribution in [1.82, 2.24) is 14.5 Å². The van der Waals surface area contributed by atoms with Crippen LogP contribution in [0.1, 0.15) is 16.9 Å². The van der Waals surface area contributed by atoms with Gasteiger partial charge in [0.15, 0.2) is 0 Å². The van der Waals surface area contributed by atoms with E-state index in [0.717, 1.165) is 25.5 Å². The van der Waals surface area contributed by atoms with Gasteiger partial charge in [-0.25, -0.2) is 4.98 Å². The number of nitrogens with one attached hydrogen (secondary N) is 1. The third-order valence-corrected chi connectivity index (χ3v) is 2.64. The van der Waals surface area contributed by atoms with E-state index in [-0.39, 0.29) is 12.5 Å². The molecule has 0 aromatic carbocycles. The number of rotatable bonds is 3. The molecule has 2 rings (SSSR count). The molecule has 1 aliphatic heterocycles. The first-order valence-corrected chi connectivity index (χ1v) is 5.39. The molecule has 6 nitrogen and oxygen atoms in total. The molecule has 0 spiro atoms. The summed E-state index contributed by atoms with van der Waals surface area (Å²) in [7, 11) is 1.66. The Morgan fingerprint density at radius 3 is 3.25 bits per heavy atom. The van der Waals surface area contributed by atoms with Crippen LogP contribution in [0.4, 0.5) is 5.95 Å². The van der Waals surface area contributed by atoms with Crippen molar-refractivity contribution in [2.75, 3.05) is 32.1 Å². The summed E-state index contributed by atoms with van der Waals surface area (Å²) in [5, 5.41) is 11.9. The summed E-state index contributed by atoms with van der Waals surface area (Å²) in [6.45, 7) is 2.09. The molecule has 2 heterocycles. The molecular formula is C10H16N4O2. The van der Waals surface area contributed by atoms with Gasteiger partial charge >= 0.3 is 0 Å². The highest BCUT2D eigenvalue weighted by Crippen LogP contribution is 2.14. The first-order chi connectivity index (χ1) is 7.72. The molecule has 1 aliphatic rings. The van der Waals surface area contributed by atoms with E-state index in [4.69, 9.17) is 5.11 Å². The number of likely N-dealkylation sites (N-methyl/N-ethyl adjacent to an activating group) is 1. The average molecular weight is 224 g/mol. The van der Waals surface area contributed by atoms with E-state index in [1.165, 1.54) is 4.90 Å². The Balaban J connectivity index is 2.14. The zero-order valence-corrected chi connectivity index (χ0v) is 9.31. The monoisotopic (exact) mass is 224 g/mol. The van der Waals surface area contributed by atoms with Crippen LogP contribution in [0.15, 0.2) is 6.20 Å². The summed E-state index contributed by atoms with van der Waals surface area (Å²) in [5.41, 5.74) is 0.431. The molecule has 16 heavy (non-hydrogen) atoms. The van der Waals surface area contributed by atoms with Crippen molar-refractivity contribution >= 4 is 11.9 Å². The number of hydrogen-bond acceptors (Lipinski definition) is 4. The molecule has 0 aliphatic carbocycles. The van der Waals surface area contributed by atoms with E-state index in [1.807, 2.05) is 4.57 Å². The van der Waals surface area contributed by atoms with Gasteiger partial charge in [-0.1, -0.05) is 0 Å². The molecule has 0 unspecified atom stereocenters. The number of aliphatic hydroxyl groups excluding tert-OH is 1. The number of anilines is 1. The molecule has 6 heteroatoms. The lowest BCUT2D eigenvalue weighted by molar-refractivity contribution is 0.0761. The van der Waals surface area contributed by atoms with Gasteiger partial charge in [-0.05, 0) is 6.42 Å². The summed E-state index contributed by atoms with van der Waals surface area (Å²) in [6, 6.07) is 0. The Hall–Kier alpha value is -1.56. The van der Waals surface area contributed by atoms with Crippen LogP contribution in [-0.2, 0) is 6.54 Å². The molecule has 1 amide bonds. The number of hydrogen-bond donors (Lipinski definition) is 2. The molecule has 1 aromatic heterocycles. The number of aromatic nitrogens is 2. The average Bonchev–Trinajstić information content (AvgIpc) is 2.71. The van der Waals surface area contributed by atoms with E-state index in [1.54, 1.807) is 13.2 Å².